The molecule has 2 heterocycles. The summed E-state index contributed by atoms with van der Waals surface area (Å²) in [6.07, 6.45) is 3.92. The minimum absolute atomic E-state index is 0.0682. The second-order valence-electron chi connectivity index (χ2n) is 3.36. The van der Waals surface area contributed by atoms with Gasteiger partial charge in [-0.2, -0.15) is 4.99 Å². The van der Waals surface area contributed by atoms with Crippen LogP contribution in [0.4, 0.5) is 0 Å². The van der Waals surface area contributed by atoms with Gasteiger partial charge in [0, 0.05) is 11.8 Å². The molecule has 0 N–H and O–H groups in total. The normalized spacial score (nSPS) is 17.9. The summed E-state index contributed by atoms with van der Waals surface area (Å²) < 4.78 is 0. The molecule has 0 bridgehead atoms. The number of hydrogen-bond acceptors (Lipinski definition) is 2. The van der Waals surface area contributed by atoms with E-state index in [1.54, 1.807) is 0 Å². The molecule has 3 nitrogen and oxygen atoms in total. The number of carbonyl (C=O) groups is 1. The Bertz CT molecular complexity index is 474. The molecule has 0 spiro atoms. The maximum absolute atomic E-state index is 11.2. The van der Waals surface area contributed by atoms with Crippen LogP contribution in [-0.2, 0) is 4.79 Å². The lowest BCUT2D eigenvalue weighted by atomic mass is 10.0. The zero-order valence-corrected chi connectivity index (χ0v) is 7.47. The van der Waals surface area contributed by atoms with Gasteiger partial charge in [-0.3, -0.25) is 4.79 Å². The van der Waals surface area contributed by atoms with E-state index in [-0.39, 0.29) is 5.91 Å². The van der Waals surface area contributed by atoms with Crippen LogP contribution in [0, 0.1) is 0 Å². The van der Waals surface area contributed by atoms with Crippen molar-refractivity contribution < 1.29 is 4.79 Å². The predicted octanol–water partition coefficient (Wildman–Crippen LogP) is 1.26. The van der Waals surface area contributed by atoms with E-state index >= 15 is 0 Å². The molecule has 0 atom stereocenters. The first-order valence-corrected chi connectivity index (χ1v) is 4.50. The first kappa shape index (κ1) is 7.50. The molecule has 3 rings (SSSR count). The number of amides is 1. The van der Waals surface area contributed by atoms with Crippen molar-refractivity contribution in [1.29, 1.82) is 0 Å². The Morgan fingerprint density at radius 3 is 3.07 bits per heavy atom. The van der Waals surface area contributed by atoms with Gasteiger partial charge in [0.25, 0.3) is 5.91 Å². The Labute approximate surface area is 81.4 Å². The molecule has 0 saturated heterocycles. The number of fused-ring (bicyclic) bond motifs is 3. The fourth-order valence-corrected chi connectivity index (χ4v) is 1.79. The van der Waals surface area contributed by atoms with Crippen LogP contribution in [0.5, 0.6) is 0 Å². The van der Waals surface area contributed by atoms with Crippen LogP contribution < -0.4 is 0 Å². The summed E-state index contributed by atoms with van der Waals surface area (Å²) in [4.78, 5) is 17.0. The zero-order valence-electron chi connectivity index (χ0n) is 7.47. The van der Waals surface area contributed by atoms with Gasteiger partial charge in [-0.1, -0.05) is 24.3 Å². The number of aliphatic imine (C=N–C) groups is 1. The highest BCUT2D eigenvalue weighted by molar-refractivity contribution is 6.13. The van der Waals surface area contributed by atoms with Gasteiger partial charge in [0.15, 0.2) is 0 Å². The van der Waals surface area contributed by atoms with Crippen LogP contribution in [0.25, 0.3) is 6.08 Å². The molecule has 1 aromatic carbocycles. The maximum Gasteiger partial charge on any atom is 0.267 e. The standard InChI is InChI=1S/C11H8N2O/c14-10-7-13-6-5-8-3-1-2-4-9(8)11(13)12-10/h1-6H,7H2. The molecule has 2 aliphatic rings. The molecule has 0 saturated carbocycles. The molecular formula is C11H8N2O. The Kier molecular flexibility index (Phi) is 1.36. The third-order valence-electron chi connectivity index (χ3n) is 2.44. The first-order valence-electron chi connectivity index (χ1n) is 4.50. The smallest absolute Gasteiger partial charge is 0.267 e. The van der Waals surface area contributed by atoms with Crippen LogP contribution in [0.1, 0.15) is 11.1 Å². The third-order valence-corrected chi connectivity index (χ3v) is 2.44. The number of hydrogen-bond donors (Lipinski definition) is 0. The Morgan fingerprint density at radius 2 is 2.14 bits per heavy atom. The van der Waals surface area contributed by atoms with Crippen molar-refractivity contribution in [2.75, 3.05) is 6.54 Å². The largest absolute Gasteiger partial charge is 0.323 e. The SMILES string of the molecule is O=C1CN2C=Cc3ccccc3C2=N1. The highest BCUT2D eigenvalue weighted by Crippen LogP contribution is 2.22. The summed E-state index contributed by atoms with van der Waals surface area (Å²) in [5.74, 6) is 0.717. The molecule has 1 amide bonds. The van der Waals surface area contributed by atoms with Crippen molar-refractivity contribution >= 4 is 17.8 Å². The highest BCUT2D eigenvalue weighted by Gasteiger charge is 2.26. The predicted molar refractivity (Wildman–Crippen MR) is 53.7 cm³/mol. The van der Waals surface area contributed by atoms with Crippen molar-refractivity contribution in [3.05, 3.63) is 41.6 Å². The fraction of sp³-hybridized carbons (Fsp3) is 0.0909. The Balaban J connectivity index is 2.23. The van der Waals surface area contributed by atoms with Gasteiger partial charge in [-0.25, -0.2) is 0 Å². The van der Waals surface area contributed by atoms with E-state index in [0.717, 1.165) is 17.0 Å². The molecule has 0 aromatic heterocycles. The molecule has 2 aliphatic heterocycles. The summed E-state index contributed by atoms with van der Waals surface area (Å²) in [5, 5.41) is 0. The van der Waals surface area contributed by atoms with E-state index in [1.165, 1.54) is 0 Å². The van der Waals surface area contributed by atoms with Crippen LogP contribution in [0.2, 0.25) is 0 Å². The van der Waals surface area contributed by atoms with Crippen LogP contribution in [-0.4, -0.2) is 23.2 Å². The summed E-state index contributed by atoms with van der Waals surface area (Å²) in [7, 11) is 0. The molecular weight excluding hydrogens is 176 g/mol. The minimum atomic E-state index is -0.0682. The molecule has 0 fully saturated rings. The van der Waals surface area contributed by atoms with Gasteiger partial charge < -0.3 is 4.90 Å². The Hall–Kier alpha value is -1.90. The maximum atomic E-state index is 11.2. The van der Waals surface area contributed by atoms with Gasteiger partial charge in [0.05, 0.1) is 0 Å². The van der Waals surface area contributed by atoms with Crippen LogP contribution >= 0.6 is 0 Å². The Morgan fingerprint density at radius 1 is 1.29 bits per heavy atom. The summed E-state index contributed by atoms with van der Waals surface area (Å²) >= 11 is 0. The lowest BCUT2D eigenvalue weighted by Crippen LogP contribution is -2.26. The molecule has 68 valence electrons. The number of rotatable bonds is 0. The van der Waals surface area contributed by atoms with Gasteiger partial charge in [-0.05, 0) is 11.6 Å². The van der Waals surface area contributed by atoms with Crippen LogP contribution in [0.3, 0.4) is 0 Å². The monoisotopic (exact) mass is 184 g/mol. The molecule has 14 heavy (non-hydrogen) atoms. The van der Waals surface area contributed by atoms with Gasteiger partial charge in [0.1, 0.15) is 12.4 Å². The number of amidine groups is 1. The number of benzene rings is 1. The van der Waals surface area contributed by atoms with E-state index in [0.29, 0.717) is 6.54 Å². The van der Waals surface area contributed by atoms with Crippen molar-refractivity contribution in [3.8, 4) is 0 Å². The van der Waals surface area contributed by atoms with Gasteiger partial charge in [0.2, 0.25) is 0 Å². The van der Waals surface area contributed by atoms with E-state index in [9.17, 15) is 4.79 Å². The van der Waals surface area contributed by atoms with E-state index in [4.69, 9.17) is 0 Å². The molecule has 0 unspecified atom stereocenters. The first-order chi connectivity index (χ1) is 6.84. The van der Waals surface area contributed by atoms with E-state index in [1.807, 2.05) is 41.4 Å². The second kappa shape index (κ2) is 2.54. The summed E-state index contributed by atoms with van der Waals surface area (Å²) in [6, 6.07) is 7.95. The second-order valence-corrected chi connectivity index (χ2v) is 3.36. The zero-order chi connectivity index (χ0) is 9.54. The summed E-state index contributed by atoms with van der Waals surface area (Å²) in [6.45, 7) is 0.375. The van der Waals surface area contributed by atoms with Gasteiger partial charge in [-0.15, -0.1) is 0 Å². The molecule has 3 heteroatoms. The van der Waals surface area contributed by atoms with Crippen LogP contribution in [0.15, 0.2) is 35.5 Å². The summed E-state index contributed by atoms with van der Waals surface area (Å²) in [5.41, 5.74) is 2.16. The van der Waals surface area contributed by atoms with Gasteiger partial charge >= 0.3 is 0 Å². The third kappa shape index (κ3) is 0.923. The molecule has 0 aliphatic carbocycles. The minimum Gasteiger partial charge on any atom is -0.323 e. The fourth-order valence-electron chi connectivity index (χ4n) is 1.79. The van der Waals surface area contributed by atoms with Crippen molar-refractivity contribution in [1.82, 2.24) is 4.90 Å². The van der Waals surface area contributed by atoms with E-state index in [2.05, 4.69) is 4.99 Å². The highest BCUT2D eigenvalue weighted by atomic mass is 16.2. The average molecular weight is 184 g/mol. The molecule has 1 aromatic rings. The topological polar surface area (TPSA) is 32.7 Å². The van der Waals surface area contributed by atoms with Crippen molar-refractivity contribution in [3.63, 3.8) is 0 Å². The number of carbonyl (C=O) groups excluding carboxylic acids is 1. The lowest BCUT2D eigenvalue weighted by molar-refractivity contribution is -0.116. The average Bonchev–Trinajstić information content (AvgIpc) is 2.59. The molecule has 0 radical (unpaired) electrons. The van der Waals surface area contributed by atoms with E-state index < -0.39 is 0 Å². The van der Waals surface area contributed by atoms with Crippen molar-refractivity contribution in [2.45, 2.75) is 0 Å². The number of nitrogens with zero attached hydrogens (tertiary/aromatic N) is 2. The lowest BCUT2D eigenvalue weighted by Gasteiger charge is -2.20. The van der Waals surface area contributed by atoms with Crippen molar-refractivity contribution in [2.24, 2.45) is 4.99 Å². The quantitative estimate of drug-likeness (QED) is 0.608.